The molecular weight excluding hydrogens is 248 g/mol. The highest BCUT2D eigenvalue weighted by Crippen LogP contribution is 2.27. The van der Waals surface area contributed by atoms with Crippen molar-refractivity contribution in [1.82, 2.24) is 9.55 Å². The summed E-state index contributed by atoms with van der Waals surface area (Å²) in [5, 5.41) is 0.760. The summed E-state index contributed by atoms with van der Waals surface area (Å²) in [5.41, 5.74) is -0.195. The standard InChI is InChI=1S/C13H18N2O2S/c1-2-15-8-6-12(17)14-13(15)18-9-7-10-4-3-5-11(10)16/h6,8,10H,2-5,7,9H2,1H3/t10-/m1/s1. The minimum atomic E-state index is -0.195. The molecule has 4 nitrogen and oxygen atoms in total. The Balaban J connectivity index is 1.91. The SMILES string of the molecule is CCn1ccc(=O)nc1SCC[C@H]1CCCC1=O. The third kappa shape index (κ3) is 3.22. The highest BCUT2D eigenvalue weighted by Gasteiger charge is 2.23. The average Bonchev–Trinajstić information content (AvgIpc) is 2.76. The lowest BCUT2D eigenvalue weighted by molar-refractivity contribution is -0.120. The topological polar surface area (TPSA) is 52.0 Å². The molecule has 1 aromatic heterocycles. The molecule has 0 amide bonds. The molecule has 0 aliphatic heterocycles. The van der Waals surface area contributed by atoms with E-state index < -0.39 is 0 Å². The Morgan fingerprint density at radius 3 is 3.00 bits per heavy atom. The van der Waals surface area contributed by atoms with Gasteiger partial charge in [-0.1, -0.05) is 11.8 Å². The summed E-state index contributed by atoms with van der Waals surface area (Å²) in [6.45, 7) is 2.83. The summed E-state index contributed by atoms with van der Waals surface area (Å²) in [6, 6.07) is 1.48. The van der Waals surface area contributed by atoms with E-state index >= 15 is 0 Å². The largest absolute Gasteiger partial charge is 0.328 e. The van der Waals surface area contributed by atoms with Gasteiger partial charge in [0.05, 0.1) is 0 Å². The molecule has 0 spiro atoms. The Labute approximate surface area is 111 Å². The van der Waals surface area contributed by atoms with Gasteiger partial charge in [0, 0.05) is 36.9 Å². The third-order valence-electron chi connectivity index (χ3n) is 3.32. The zero-order valence-electron chi connectivity index (χ0n) is 10.6. The molecule has 0 N–H and O–H groups in total. The van der Waals surface area contributed by atoms with Crippen molar-refractivity contribution < 1.29 is 4.79 Å². The summed E-state index contributed by atoms with van der Waals surface area (Å²) in [6.07, 6.45) is 5.49. The van der Waals surface area contributed by atoms with Crippen LogP contribution in [0.4, 0.5) is 0 Å². The van der Waals surface area contributed by atoms with Gasteiger partial charge >= 0.3 is 0 Å². The van der Waals surface area contributed by atoms with Gasteiger partial charge in [-0.3, -0.25) is 9.59 Å². The summed E-state index contributed by atoms with van der Waals surface area (Å²) >= 11 is 1.57. The quantitative estimate of drug-likeness (QED) is 0.605. The summed E-state index contributed by atoms with van der Waals surface area (Å²) < 4.78 is 1.96. The maximum atomic E-state index is 11.5. The van der Waals surface area contributed by atoms with E-state index in [4.69, 9.17) is 0 Å². The Hall–Kier alpha value is -1.10. The van der Waals surface area contributed by atoms with Crippen molar-refractivity contribution in [3.63, 3.8) is 0 Å². The summed E-state index contributed by atoms with van der Waals surface area (Å²) in [4.78, 5) is 26.8. The molecular formula is C13H18N2O2S. The van der Waals surface area contributed by atoms with E-state index in [2.05, 4.69) is 4.98 Å². The molecule has 0 radical (unpaired) electrons. The second-order valence-electron chi connectivity index (χ2n) is 4.53. The number of ketones is 1. The van der Waals surface area contributed by atoms with Crippen LogP contribution in [0.25, 0.3) is 0 Å². The molecule has 5 heteroatoms. The molecule has 1 heterocycles. The highest BCUT2D eigenvalue weighted by molar-refractivity contribution is 7.99. The number of carbonyl (C=O) groups excluding carboxylic acids is 1. The highest BCUT2D eigenvalue weighted by atomic mass is 32.2. The fourth-order valence-electron chi connectivity index (χ4n) is 2.25. The molecule has 1 atom stereocenters. The Bertz CT molecular complexity index is 484. The first-order chi connectivity index (χ1) is 8.70. The molecule has 98 valence electrons. The Kier molecular flexibility index (Phi) is 4.58. The summed E-state index contributed by atoms with van der Waals surface area (Å²) in [5.74, 6) is 1.50. The van der Waals surface area contributed by atoms with Crippen molar-refractivity contribution in [3.8, 4) is 0 Å². The number of thioether (sulfide) groups is 1. The van der Waals surface area contributed by atoms with Crippen molar-refractivity contribution in [2.24, 2.45) is 5.92 Å². The number of carbonyl (C=O) groups is 1. The molecule has 1 aromatic rings. The summed E-state index contributed by atoms with van der Waals surface area (Å²) in [7, 11) is 0. The van der Waals surface area contributed by atoms with Gasteiger partial charge in [0.2, 0.25) is 0 Å². The van der Waals surface area contributed by atoms with Crippen LogP contribution in [0.15, 0.2) is 22.2 Å². The first kappa shape index (κ1) is 13.3. The van der Waals surface area contributed by atoms with Gasteiger partial charge in [0.1, 0.15) is 5.78 Å². The van der Waals surface area contributed by atoms with Crippen LogP contribution >= 0.6 is 11.8 Å². The van der Waals surface area contributed by atoms with Gasteiger partial charge in [-0.2, -0.15) is 4.98 Å². The van der Waals surface area contributed by atoms with Crippen LogP contribution in [-0.2, 0) is 11.3 Å². The van der Waals surface area contributed by atoms with Crippen LogP contribution in [0.5, 0.6) is 0 Å². The van der Waals surface area contributed by atoms with E-state index in [0.29, 0.717) is 5.78 Å². The van der Waals surface area contributed by atoms with Gasteiger partial charge in [-0.25, -0.2) is 0 Å². The van der Waals surface area contributed by atoms with E-state index in [1.807, 2.05) is 11.5 Å². The molecule has 1 aliphatic rings. The minimum Gasteiger partial charge on any atom is -0.328 e. The molecule has 1 fully saturated rings. The van der Waals surface area contributed by atoms with E-state index in [1.54, 1.807) is 18.0 Å². The minimum absolute atomic E-state index is 0.195. The van der Waals surface area contributed by atoms with Gasteiger partial charge in [0.15, 0.2) is 5.16 Å². The van der Waals surface area contributed by atoms with Crippen molar-refractivity contribution in [2.45, 2.75) is 44.3 Å². The van der Waals surface area contributed by atoms with Gasteiger partial charge in [-0.15, -0.1) is 0 Å². The van der Waals surface area contributed by atoms with Crippen molar-refractivity contribution in [1.29, 1.82) is 0 Å². The predicted molar refractivity (Wildman–Crippen MR) is 71.9 cm³/mol. The number of nitrogens with zero attached hydrogens (tertiary/aromatic N) is 2. The smallest absolute Gasteiger partial charge is 0.273 e. The monoisotopic (exact) mass is 266 g/mol. The van der Waals surface area contributed by atoms with Crippen molar-refractivity contribution in [3.05, 3.63) is 22.6 Å². The molecule has 0 bridgehead atoms. The second kappa shape index (κ2) is 6.18. The third-order valence-corrected chi connectivity index (χ3v) is 4.34. The molecule has 2 rings (SSSR count). The lowest BCUT2D eigenvalue weighted by Gasteiger charge is -2.10. The second-order valence-corrected chi connectivity index (χ2v) is 5.59. The number of aryl methyl sites for hydroxylation is 1. The molecule has 1 aliphatic carbocycles. The van der Waals surface area contributed by atoms with Crippen LogP contribution in [-0.4, -0.2) is 21.1 Å². The van der Waals surface area contributed by atoms with E-state index in [9.17, 15) is 9.59 Å². The molecule has 0 saturated heterocycles. The van der Waals surface area contributed by atoms with Gasteiger partial charge < -0.3 is 4.57 Å². The zero-order valence-corrected chi connectivity index (χ0v) is 11.4. The van der Waals surface area contributed by atoms with Gasteiger partial charge in [0.25, 0.3) is 5.56 Å². The average molecular weight is 266 g/mol. The first-order valence-corrected chi connectivity index (χ1v) is 7.42. The van der Waals surface area contributed by atoms with Crippen molar-refractivity contribution in [2.75, 3.05) is 5.75 Å². The van der Waals surface area contributed by atoms with Crippen LogP contribution in [0.3, 0.4) is 0 Å². The Morgan fingerprint density at radius 2 is 2.33 bits per heavy atom. The number of hydrogen-bond donors (Lipinski definition) is 0. The van der Waals surface area contributed by atoms with Crippen molar-refractivity contribution >= 4 is 17.5 Å². The van der Waals surface area contributed by atoms with E-state index in [1.165, 1.54) is 6.07 Å². The van der Waals surface area contributed by atoms with Crippen LogP contribution < -0.4 is 5.56 Å². The molecule has 0 unspecified atom stereocenters. The number of Topliss-reactive ketones (excluding diaryl/α,β-unsaturated/α-hetero) is 1. The van der Waals surface area contributed by atoms with Crippen LogP contribution in [0.2, 0.25) is 0 Å². The number of rotatable bonds is 5. The number of aromatic nitrogens is 2. The van der Waals surface area contributed by atoms with E-state index in [0.717, 1.165) is 43.1 Å². The fraction of sp³-hybridized carbons (Fsp3) is 0.615. The maximum absolute atomic E-state index is 11.5. The Morgan fingerprint density at radius 1 is 1.50 bits per heavy atom. The predicted octanol–water partition coefficient (Wildman–Crippen LogP) is 2.11. The molecule has 0 aromatic carbocycles. The van der Waals surface area contributed by atoms with Crippen LogP contribution in [0, 0.1) is 5.92 Å². The molecule has 1 saturated carbocycles. The lowest BCUT2D eigenvalue weighted by atomic mass is 10.1. The normalized spacial score (nSPS) is 19.4. The number of hydrogen-bond acceptors (Lipinski definition) is 4. The first-order valence-electron chi connectivity index (χ1n) is 6.43. The van der Waals surface area contributed by atoms with E-state index in [-0.39, 0.29) is 11.5 Å². The molecule has 18 heavy (non-hydrogen) atoms. The van der Waals surface area contributed by atoms with Crippen LogP contribution in [0.1, 0.15) is 32.6 Å². The lowest BCUT2D eigenvalue weighted by Crippen LogP contribution is -2.13. The maximum Gasteiger partial charge on any atom is 0.273 e. The zero-order chi connectivity index (χ0) is 13.0. The van der Waals surface area contributed by atoms with Gasteiger partial charge in [-0.05, 0) is 26.2 Å². The fourth-order valence-corrected chi connectivity index (χ4v) is 3.35.